The number of fused-ring (bicyclic) bond motifs is 1. The molecule has 0 saturated heterocycles. The Morgan fingerprint density at radius 1 is 1.50 bits per heavy atom. The Morgan fingerprint density at radius 3 is 3.00 bits per heavy atom. The van der Waals surface area contributed by atoms with Crippen LogP contribution in [-0.2, 0) is 0 Å². The minimum atomic E-state index is 0.519. The van der Waals surface area contributed by atoms with E-state index in [1.54, 1.807) is 23.1 Å². The van der Waals surface area contributed by atoms with Crippen LogP contribution in [0.1, 0.15) is 20.3 Å². The lowest BCUT2D eigenvalue weighted by molar-refractivity contribution is 0.764. The van der Waals surface area contributed by atoms with Gasteiger partial charge in [0.05, 0.1) is 10.2 Å². The van der Waals surface area contributed by atoms with E-state index in [9.17, 15) is 0 Å². The maximum Gasteiger partial charge on any atom is 0.150 e. The van der Waals surface area contributed by atoms with Crippen LogP contribution in [0, 0.1) is 0 Å². The van der Waals surface area contributed by atoms with Gasteiger partial charge in [0.2, 0.25) is 0 Å². The molecule has 1 aromatic carbocycles. The van der Waals surface area contributed by atoms with Crippen LogP contribution in [-0.4, -0.2) is 17.3 Å². The average Bonchev–Trinajstić information content (AvgIpc) is 2.71. The summed E-state index contributed by atoms with van der Waals surface area (Å²) in [6, 6.07) is 6.92. The van der Waals surface area contributed by atoms with E-state index in [2.05, 4.69) is 48.6 Å². The first kappa shape index (κ1) is 11.7. The molecule has 0 aliphatic rings. The molecule has 86 valence electrons. The van der Waals surface area contributed by atoms with E-state index in [4.69, 9.17) is 0 Å². The predicted octanol–water partition coefficient (Wildman–Crippen LogP) is 4.23. The molecule has 0 aliphatic heterocycles. The first-order valence-corrected chi connectivity index (χ1v) is 7.48. The number of hydrogen-bond acceptors (Lipinski definition) is 4. The molecular weight excluding hydrogens is 236 g/mol. The molecule has 1 atom stereocenters. The fourth-order valence-corrected chi connectivity index (χ4v) is 3.00. The number of rotatable bonds is 4. The topological polar surface area (TPSA) is 24.9 Å². The number of hydrogen-bond donors (Lipinski definition) is 1. The SMILES string of the molecule is CCC(C)Nc1ccc2nc(SC)sc2c1. The Morgan fingerprint density at radius 2 is 2.31 bits per heavy atom. The van der Waals surface area contributed by atoms with Gasteiger partial charge in [-0.1, -0.05) is 18.7 Å². The van der Waals surface area contributed by atoms with Crippen molar-refractivity contribution in [3.63, 3.8) is 0 Å². The minimum Gasteiger partial charge on any atom is -0.383 e. The van der Waals surface area contributed by atoms with Gasteiger partial charge >= 0.3 is 0 Å². The maximum absolute atomic E-state index is 4.53. The van der Waals surface area contributed by atoms with Crippen LogP contribution in [0.3, 0.4) is 0 Å². The van der Waals surface area contributed by atoms with Gasteiger partial charge in [-0.2, -0.15) is 0 Å². The van der Waals surface area contributed by atoms with Crippen molar-refractivity contribution >= 4 is 39.0 Å². The summed E-state index contributed by atoms with van der Waals surface area (Å²) in [7, 11) is 0. The molecule has 2 rings (SSSR count). The van der Waals surface area contributed by atoms with Crippen molar-refractivity contribution in [3.05, 3.63) is 18.2 Å². The fourth-order valence-electron chi connectivity index (χ4n) is 1.47. The molecule has 2 nitrogen and oxygen atoms in total. The van der Waals surface area contributed by atoms with Crippen LogP contribution in [0.2, 0.25) is 0 Å². The van der Waals surface area contributed by atoms with Crippen molar-refractivity contribution in [2.45, 2.75) is 30.6 Å². The molecule has 16 heavy (non-hydrogen) atoms. The van der Waals surface area contributed by atoms with Crippen molar-refractivity contribution < 1.29 is 0 Å². The highest BCUT2D eigenvalue weighted by molar-refractivity contribution is 8.00. The van der Waals surface area contributed by atoms with Gasteiger partial charge in [-0.05, 0) is 37.8 Å². The molecule has 0 amide bonds. The van der Waals surface area contributed by atoms with Crippen LogP contribution < -0.4 is 5.32 Å². The summed E-state index contributed by atoms with van der Waals surface area (Å²) in [6.07, 6.45) is 3.20. The molecule has 1 N–H and O–H groups in total. The third-order valence-corrected chi connectivity index (χ3v) is 4.57. The first-order valence-electron chi connectivity index (χ1n) is 5.44. The average molecular weight is 252 g/mol. The molecule has 0 bridgehead atoms. The van der Waals surface area contributed by atoms with Gasteiger partial charge in [-0.25, -0.2) is 4.98 Å². The van der Waals surface area contributed by atoms with E-state index < -0.39 is 0 Å². The quantitative estimate of drug-likeness (QED) is 0.824. The Hall–Kier alpha value is -0.740. The van der Waals surface area contributed by atoms with Crippen molar-refractivity contribution in [2.24, 2.45) is 0 Å². The van der Waals surface area contributed by atoms with E-state index >= 15 is 0 Å². The third-order valence-electron chi connectivity index (χ3n) is 2.57. The molecule has 0 radical (unpaired) electrons. The summed E-state index contributed by atoms with van der Waals surface area (Å²) < 4.78 is 2.40. The first-order chi connectivity index (χ1) is 7.72. The summed E-state index contributed by atoms with van der Waals surface area (Å²) in [6.45, 7) is 4.39. The van der Waals surface area contributed by atoms with Crippen molar-refractivity contribution in [2.75, 3.05) is 11.6 Å². The number of aromatic nitrogens is 1. The smallest absolute Gasteiger partial charge is 0.150 e. The van der Waals surface area contributed by atoms with Gasteiger partial charge in [0, 0.05) is 11.7 Å². The monoisotopic (exact) mass is 252 g/mol. The summed E-state index contributed by atoms with van der Waals surface area (Å²) in [5.74, 6) is 0. The highest BCUT2D eigenvalue weighted by atomic mass is 32.2. The molecule has 4 heteroatoms. The lowest BCUT2D eigenvalue weighted by Gasteiger charge is -2.12. The minimum absolute atomic E-state index is 0.519. The zero-order valence-corrected chi connectivity index (χ0v) is 11.4. The lowest BCUT2D eigenvalue weighted by atomic mass is 10.2. The van der Waals surface area contributed by atoms with E-state index in [1.165, 1.54) is 10.4 Å². The number of nitrogens with one attached hydrogen (secondary N) is 1. The molecule has 0 spiro atoms. The molecule has 1 unspecified atom stereocenters. The molecule has 2 aromatic rings. The summed E-state index contributed by atoms with van der Waals surface area (Å²) in [4.78, 5) is 4.53. The zero-order valence-electron chi connectivity index (χ0n) is 9.78. The maximum atomic E-state index is 4.53. The second kappa shape index (κ2) is 5.06. The normalized spacial score (nSPS) is 12.9. The number of thioether (sulfide) groups is 1. The van der Waals surface area contributed by atoms with E-state index in [0.29, 0.717) is 6.04 Å². The summed E-state index contributed by atoms with van der Waals surface area (Å²) >= 11 is 3.46. The summed E-state index contributed by atoms with van der Waals surface area (Å²) in [5.41, 5.74) is 2.29. The number of nitrogens with zero attached hydrogens (tertiary/aromatic N) is 1. The fraction of sp³-hybridized carbons (Fsp3) is 0.417. The Balaban J connectivity index is 2.28. The summed E-state index contributed by atoms with van der Waals surface area (Å²) in [5, 5.41) is 3.48. The zero-order chi connectivity index (χ0) is 11.5. The molecule has 1 aromatic heterocycles. The van der Waals surface area contributed by atoms with Crippen LogP contribution in [0.5, 0.6) is 0 Å². The molecule has 0 fully saturated rings. The van der Waals surface area contributed by atoms with Gasteiger partial charge in [0.1, 0.15) is 0 Å². The lowest BCUT2D eigenvalue weighted by Crippen LogP contribution is -2.12. The van der Waals surface area contributed by atoms with Crippen LogP contribution in [0.15, 0.2) is 22.5 Å². The second-order valence-corrected chi connectivity index (χ2v) is 5.90. The highest BCUT2D eigenvalue weighted by Gasteiger charge is 2.04. The number of thiazole rings is 1. The Bertz CT molecular complexity index is 479. The van der Waals surface area contributed by atoms with Crippen molar-refractivity contribution in [1.29, 1.82) is 0 Å². The standard InChI is InChI=1S/C12H16N2S2/c1-4-8(2)13-9-5-6-10-11(7-9)16-12(14-10)15-3/h5-8,13H,4H2,1-3H3. The van der Waals surface area contributed by atoms with Gasteiger partial charge in [-0.15, -0.1) is 11.3 Å². The largest absolute Gasteiger partial charge is 0.383 e. The van der Waals surface area contributed by atoms with Gasteiger partial charge in [0.15, 0.2) is 4.34 Å². The Labute approximate surface area is 104 Å². The molecule has 0 aliphatic carbocycles. The van der Waals surface area contributed by atoms with Crippen molar-refractivity contribution in [3.8, 4) is 0 Å². The van der Waals surface area contributed by atoms with Gasteiger partial charge in [-0.3, -0.25) is 0 Å². The van der Waals surface area contributed by atoms with Crippen LogP contribution in [0.4, 0.5) is 5.69 Å². The van der Waals surface area contributed by atoms with Gasteiger partial charge in [0.25, 0.3) is 0 Å². The number of benzene rings is 1. The number of anilines is 1. The predicted molar refractivity (Wildman–Crippen MR) is 74.8 cm³/mol. The van der Waals surface area contributed by atoms with Gasteiger partial charge < -0.3 is 5.32 Å². The Kier molecular flexibility index (Phi) is 3.71. The molecular formula is C12H16N2S2. The van der Waals surface area contributed by atoms with Crippen LogP contribution in [0.25, 0.3) is 10.2 Å². The van der Waals surface area contributed by atoms with E-state index in [0.717, 1.165) is 16.3 Å². The highest BCUT2D eigenvalue weighted by Crippen LogP contribution is 2.30. The second-order valence-electron chi connectivity index (χ2n) is 3.82. The third kappa shape index (κ3) is 2.50. The van der Waals surface area contributed by atoms with Crippen LogP contribution >= 0.6 is 23.1 Å². The molecule has 0 saturated carbocycles. The van der Waals surface area contributed by atoms with Crippen molar-refractivity contribution in [1.82, 2.24) is 4.98 Å². The molecule has 1 heterocycles. The van der Waals surface area contributed by atoms with E-state index in [-0.39, 0.29) is 0 Å². The van der Waals surface area contributed by atoms with E-state index in [1.807, 2.05) is 0 Å².